The number of ketones is 1. The van der Waals surface area contributed by atoms with Gasteiger partial charge in [0.15, 0.2) is 30.0 Å². The molecule has 3 fully saturated rings. The average molecular weight is 1990 g/mol. The van der Waals surface area contributed by atoms with Crippen LogP contribution >= 0.6 is 0 Å². The third-order valence-corrected chi connectivity index (χ3v) is 26.7. The Bertz CT molecular complexity index is 3540. The number of Topliss-reactive ketones (excluding diaryl/α,β-unsaturated/α-hetero) is 1. The zero-order valence-electron chi connectivity index (χ0n) is 88.5. The Kier molecular flexibility index (Phi) is 62.3. The summed E-state index contributed by atoms with van der Waals surface area (Å²) in [4.78, 5) is 99.9. The van der Waals surface area contributed by atoms with Crippen molar-refractivity contribution in [3.05, 3.63) is 35.4 Å². The van der Waals surface area contributed by atoms with E-state index in [4.69, 9.17) is 24.1 Å². The van der Waals surface area contributed by atoms with Crippen LogP contribution in [0.15, 0.2) is 24.3 Å². The van der Waals surface area contributed by atoms with Crippen molar-refractivity contribution in [3.63, 3.8) is 0 Å². The molecule has 3 N–H and O–H groups in total. The van der Waals surface area contributed by atoms with E-state index < -0.39 is 143 Å². The number of hydrogen-bond acceptors (Lipinski definition) is 18. The fraction of sp³-hybridized carbons (Fsp3) is 0.853. The quantitative estimate of drug-likeness (QED) is 0.0205. The van der Waals surface area contributed by atoms with Gasteiger partial charge in [0.1, 0.15) is 37.6 Å². The van der Waals surface area contributed by atoms with Gasteiger partial charge in [0.2, 0.25) is 0 Å². The second-order valence-electron chi connectivity index (χ2n) is 42.0. The number of esters is 7. The number of benzene rings is 1. The first-order chi connectivity index (χ1) is 61.3. The van der Waals surface area contributed by atoms with Crippen molar-refractivity contribution >= 4 is 53.5 Å². The van der Waals surface area contributed by atoms with E-state index >= 15 is 0 Å². The van der Waals surface area contributed by atoms with Gasteiger partial charge in [0.25, 0.3) is 0 Å². The van der Waals surface area contributed by atoms with E-state index in [1.165, 1.54) is 64.0 Å². The minimum absolute atomic E-state index is 0.00768. The van der Waals surface area contributed by atoms with Gasteiger partial charge in [-0.3, -0.25) is 43.2 Å². The number of carboxylic acid groups (broad SMARTS) is 1. The summed E-state index contributed by atoms with van der Waals surface area (Å²) in [5, 5.41) is 28.3. The largest absolute Gasteiger partial charge is 0.481 e. The summed E-state index contributed by atoms with van der Waals surface area (Å²) >= 11 is 0. The maximum atomic E-state index is 13.2. The van der Waals surface area contributed by atoms with Crippen molar-refractivity contribution in [2.24, 2.45) is 85.8 Å². The molecular weight excluding hydrogens is 1810 g/mol. The molecule has 34 heteroatoms. The maximum absolute atomic E-state index is 13.2. The van der Waals surface area contributed by atoms with Crippen LogP contribution in [0.5, 0.6) is 0 Å². The molecular formula is C102H175F15O19. The lowest BCUT2D eigenvalue weighted by Crippen LogP contribution is -2.56. The van der Waals surface area contributed by atoms with Gasteiger partial charge in [-0.15, -0.1) is 0 Å². The summed E-state index contributed by atoms with van der Waals surface area (Å²) in [5.74, 6) is -5.61. The van der Waals surface area contributed by atoms with Crippen molar-refractivity contribution in [3.8, 4) is 0 Å². The van der Waals surface area contributed by atoms with Crippen molar-refractivity contribution in [2.45, 2.75) is 456 Å². The van der Waals surface area contributed by atoms with Gasteiger partial charge in [-0.2, -0.15) is 65.9 Å². The molecule has 4 rings (SSSR count). The Balaban J connectivity index is -0.000000479. The van der Waals surface area contributed by atoms with Crippen molar-refractivity contribution < 1.29 is 157 Å². The molecule has 19 nitrogen and oxygen atoms in total. The van der Waals surface area contributed by atoms with E-state index in [9.17, 15) is 119 Å². The molecule has 0 heterocycles. The average Bonchev–Trinajstić information content (AvgIpc) is 0.756. The zero-order chi connectivity index (χ0) is 108. The number of carbonyl (C=O) groups is 9. The highest BCUT2D eigenvalue weighted by atomic mass is 19.4. The van der Waals surface area contributed by atoms with E-state index in [0.717, 1.165) is 64.2 Å². The second-order valence-corrected chi connectivity index (χ2v) is 42.0. The molecule has 11 unspecified atom stereocenters. The molecule has 1 aromatic rings. The van der Waals surface area contributed by atoms with Crippen LogP contribution < -0.4 is 0 Å². The highest BCUT2D eigenvalue weighted by molar-refractivity contribution is 5.94. The molecule has 3 aliphatic carbocycles. The molecule has 11 atom stereocenters. The fourth-order valence-electron chi connectivity index (χ4n) is 12.5. The number of hydrogen-bond donors (Lipinski definition) is 3. The Morgan fingerprint density at radius 2 is 0.721 bits per heavy atom. The van der Waals surface area contributed by atoms with Gasteiger partial charge in [-0.1, -0.05) is 183 Å². The minimum Gasteiger partial charge on any atom is -0.481 e. The van der Waals surface area contributed by atoms with Crippen molar-refractivity contribution in [1.82, 2.24) is 0 Å². The smallest absolute Gasteiger partial charge is 0.425 e. The molecule has 0 aliphatic heterocycles. The fourth-order valence-corrected chi connectivity index (χ4v) is 12.5. The molecule has 3 aliphatic rings. The van der Waals surface area contributed by atoms with Crippen LogP contribution in [0.1, 0.15) is 400 Å². The van der Waals surface area contributed by atoms with Crippen LogP contribution in [0.4, 0.5) is 65.9 Å². The summed E-state index contributed by atoms with van der Waals surface area (Å²) in [6.07, 6.45) is -12.5. The number of ether oxygens (including phenoxy) is 7. The van der Waals surface area contributed by atoms with Crippen LogP contribution in [0.2, 0.25) is 0 Å². The lowest BCUT2D eigenvalue weighted by atomic mass is 9.62. The summed E-state index contributed by atoms with van der Waals surface area (Å²) in [7, 11) is 0. The van der Waals surface area contributed by atoms with E-state index in [0.29, 0.717) is 75.0 Å². The molecule has 1 aromatic carbocycles. The number of rotatable bonds is 31. The second kappa shape index (κ2) is 61.4. The number of carboxylic acids is 1. The molecule has 0 spiro atoms. The number of carbonyl (C=O) groups excluding carboxylic acids is 8. The normalized spacial score (nSPS) is 20.3. The molecule has 0 amide bonds. The van der Waals surface area contributed by atoms with Gasteiger partial charge >= 0.3 is 78.6 Å². The van der Waals surface area contributed by atoms with Crippen LogP contribution in [0, 0.1) is 85.8 Å². The lowest BCUT2D eigenvalue weighted by Gasteiger charge is -2.48. The van der Waals surface area contributed by atoms with E-state index in [1.807, 2.05) is 55.4 Å². The van der Waals surface area contributed by atoms with Gasteiger partial charge in [-0.25, -0.2) is 0 Å². The number of aliphatic hydroxyl groups is 2. The number of aliphatic carboxylic acids is 1. The van der Waals surface area contributed by atoms with Crippen LogP contribution in [-0.2, 0) is 76.3 Å². The number of alkyl halides is 15. The van der Waals surface area contributed by atoms with Crippen LogP contribution in [0.25, 0.3) is 0 Å². The first-order valence-electron chi connectivity index (χ1n) is 48.2. The molecule has 0 radical (unpaired) electrons. The summed E-state index contributed by atoms with van der Waals surface area (Å²) in [5.41, 5.74) is -4.75. The lowest BCUT2D eigenvalue weighted by molar-refractivity contribution is -0.298. The van der Waals surface area contributed by atoms with Gasteiger partial charge in [-0.05, 0) is 281 Å². The highest BCUT2D eigenvalue weighted by Gasteiger charge is 2.62. The van der Waals surface area contributed by atoms with Crippen molar-refractivity contribution in [1.29, 1.82) is 0 Å². The Morgan fingerprint density at radius 3 is 1.03 bits per heavy atom. The zero-order valence-corrected chi connectivity index (χ0v) is 88.5. The van der Waals surface area contributed by atoms with Crippen molar-refractivity contribution in [2.75, 3.05) is 19.8 Å². The minimum atomic E-state index is -4.94. The molecule has 0 bridgehead atoms. The maximum Gasteiger partial charge on any atom is 0.425 e. The van der Waals surface area contributed by atoms with Gasteiger partial charge < -0.3 is 48.5 Å². The van der Waals surface area contributed by atoms with E-state index in [-0.39, 0.29) is 85.6 Å². The Morgan fingerprint density at radius 1 is 0.382 bits per heavy atom. The Labute approximate surface area is 804 Å². The third-order valence-electron chi connectivity index (χ3n) is 26.7. The third kappa shape index (κ3) is 55.1. The van der Waals surface area contributed by atoms with Crippen LogP contribution in [0.3, 0.4) is 0 Å². The molecule has 136 heavy (non-hydrogen) atoms. The standard InChI is InChI=1S/C16H26F6O2.C16H30O2.C15H28O2.C13H20.C12H20O5.C9H15F3O2.C8H13F3O2.C7H11F3O2.C6H12O2/c1-5-9(2)10-6-11(13(3,23)15(17,18)19)8-12(7-10)14(4,24)16(20,21)22;1-7-16(5,6)14(17)18-13-10-8-12(9-11-13)15(2,3)4;1-6-11(2)14(16)17-13-9-7-12(8-10-13)15(3,4)5;1-5-11(4)13-8-6-12(7-9-13)10(2)3;1-5-12(3,4)11(15)17-7-6-16-10(14)8-9(2)13;1-5-8(3,4)7(13)14-6(2)9(10,11)12;1-4-5(2)7(12)13-6(3)8(9,10)11;1-3-5(2)6(11)12-4-7(8,9)10;1-4-6(2,3)5(7)8/h9-12,23-24H,5-8H2,1-4H3;12-13H,7-11H2,1-6H3;11-13H,6-10H2,1-5H3;6-11H,5H2,1-4H3;5-8H2,1-4H3;6H,5H2,1-4H3;5-6H,4H2,1-3H3;5H,3-4H2,1-2H3;4H2,1-3H3,(H,7,8). The van der Waals surface area contributed by atoms with Crippen LogP contribution in [-0.4, -0.2) is 155 Å². The predicted molar refractivity (Wildman–Crippen MR) is 499 cm³/mol. The first kappa shape index (κ1) is 138. The summed E-state index contributed by atoms with van der Waals surface area (Å²) in [6.45, 7) is 61.2. The molecule has 0 aromatic heterocycles. The van der Waals surface area contributed by atoms with E-state index in [2.05, 4.69) is 108 Å². The SMILES string of the molecule is CCC(C)(C)C(=O)O.CCC(C)(C)C(=O)OC(C)C(F)(F)F.CCC(C)(C)C(=O)OC1CCC(C(C)(C)C)CC1.CCC(C)(C)C(=O)OCCOC(=O)CC(C)=O.CCC(C)C(=O)OC(C)C(F)(F)F.CCC(C)C(=O)OC1CCC(C(C)(C)C)CC1.CCC(C)C(=O)OCC(F)(F)F.CCC(C)C1CC(C(C)(O)C(F)(F)F)CC(C(C)(O)C(F)(F)F)C1.CCC(C)c1ccc(C(C)C)cc1. The van der Waals surface area contributed by atoms with E-state index in [1.54, 1.807) is 69.2 Å². The molecule has 802 valence electrons. The highest BCUT2D eigenvalue weighted by Crippen LogP contribution is 2.53. The molecule has 0 saturated heterocycles. The summed E-state index contributed by atoms with van der Waals surface area (Å²) < 4.78 is 219. The predicted octanol–water partition coefficient (Wildman–Crippen LogP) is 28.3. The summed E-state index contributed by atoms with van der Waals surface area (Å²) in [6, 6.07) is 9.05. The Hall–Kier alpha value is -6.48. The monoisotopic (exact) mass is 1990 g/mol. The van der Waals surface area contributed by atoms with Gasteiger partial charge in [0.05, 0.1) is 39.4 Å². The topological polar surface area (TPSA) is 279 Å². The number of halogens is 15. The first-order valence-corrected chi connectivity index (χ1v) is 48.2. The van der Waals surface area contributed by atoms with Gasteiger partial charge in [0, 0.05) is 0 Å². The molecule has 3 saturated carbocycles.